The van der Waals surface area contributed by atoms with Crippen molar-refractivity contribution in [3.8, 4) is 0 Å². The first kappa shape index (κ1) is 9.95. The molecule has 1 unspecified atom stereocenters. The quantitative estimate of drug-likeness (QED) is 0.517. The molecular formula is C13H21N. The Kier molecular flexibility index (Phi) is 2.50. The van der Waals surface area contributed by atoms with Crippen molar-refractivity contribution >= 4 is 5.71 Å². The van der Waals surface area contributed by atoms with Gasteiger partial charge in [-0.25, -0.2) is 0 Å². The molecule has 0 saturated carbocycles. The molecule has 1 spiro atoms. The van der Waals surface area contributed by atoms with Gasteiger partial charge in [0.2, 0.25) is 0 Å². The van der Waals surface area contributed by atoms with E-state index < -0.39 is 0 Å². The molecule has 1 aliphatic heterocycles. The fourth-order valence-electron chi connectivity index (χ4n) is 2.92. The van der Waals surface area contributed by atoms with E-state index in [2.05, 4.69) is 25.8 Å². The average Bonchev–Trinajstić information content (AvgIpc) is 2.17. The van der Waals surface area contributed by atoms with Crippen LogP contribution in [-0.4, -0.2) is 12.3 Å². The monoisotopic (exact) mass is 191 g/mol. The van der Waals surface area contributed by atoms with Gasteiger partial charge in [0.15, 0.2) is 0 Å². The van der Waals surface area contributed by atoms with E-state index in [1.807, 2.05) is 0 Å². The maximum absolute atomic E-state index is 4.66. The molecule has 0 aromatic heterocycles. The summed E-state index contributed by atoms with van der Waals surface area (Å²) in [6.45, 7) is 7.90. The zero-order valence-corrected chi connectivity index (χ0v) is 9.69. The van der Waals surface area contributed by atoms with Crippen LogP contribution in [0.3, 0.4) is 0 Å². The molecule has 0 radical (unpaired) electrons. The van der Waals surface area contributed by atoms with Gasteiger partial charge in [0, 0.05) is 17.7 Å². The van der Waals surface area contributed by atoms with E-state index in [4.69, 9.17) is 0 Å². The van der Waals surface area contributed by atoms with E-state index in [1.165, 1.54) is 37.8 Å². The van der Waals surface area contributed by atoms with Crippen molar-refractivity contribution in [1.29, 1.82) is 0 Å². The van der Waals surface area contributed by atoms with Gasteiger partial charge in [-0.3, -0.25) is 4.99 Å². The average molecular weight is 191 g/mol. The number of nitrogens with zero attached hydrogens (tertiary/aromatic N) is 1. The molecular weight excluding hydrogens is 170 g/mol. The summed E-state index contributed by atoms with van der Waals surface area (Å²) >= 11 is 0. The van der Waals surface area contributed by atoms with Gasteiger partial charge in [-0.05, 0) is 52.9 Å². The first-order valence-electron chi connectivity index (χ1n) is 5.81. The Morgan fingerprint density at radius 2 is 1.86 bits per heavy atom. The molecule has 78 valence electrons. The number of allylic oxidation sites excluding steroid dienone is 2. The minimum Gasteiger partial charge on any atom is -0.294 e. The smallest absolute Gasteiger partial charge is 0.0389 e. The predicted octanol–water partition coefficient (Wildman–Crippen LogP) is 3.75. The van der Waals surface area contributed by atoms with Crippen LogP contribution in [0.25, 0.3) is 0 Å². The Morgan fingerprint density at radius 3 is 2.50 bits per heavy atom. The van der Waals surface area contributed by atoms with Gasteiger partial charge in [0.1, 0.15) is 0 Å². The van der Waals surface area contributed by atoms with Crippen molar-refractivity contribution in [2.75, 3.05) is 6.54 Å². The van der Waals surface area contributed by atoms with Crippen molar-refractivity contribution in [2.24, 2.45) is 10.4 Å². The Hall–Kier alpha value is -0.590. The minimum atomic E-state index is 0.460. The van der Waals surface area contributed by atoms with Crippen molar-refractivity contribution in [3.63, 3.8) is 0 Å². The van der Waals surface area contributed by atoms with Gasteiger partial charge in [0.25, 0.3) is 0 Å². The van der Waals surface area contributed by atoms with Gasteiger partial charge in [-0.1, -0.05) is 11.1 Å². The molecule has 0 fully saturated rings. The highest BCUT2D eigenvalue weighted by molar-refractivity contribution is 5.89. The normalized spacial score (nSPS) is 33.5. The van der Waals surface area contributed by atoms with Crippen LogP contribution in [0.15, 0.2) is 16.1 Å². The molecule has 0 amide bonds. The van der Waals surface area contributed by atoms with Crippen molar-refractivity contribution in [1.82, 2.24) is 0 Å². The summed E-state index contributed by atoms with van der Waals surface area (Å²) in [5.74, 6) is 0. The standard InChI is InChI=1S/C13H21N/c1-10-5-7-13(9-11(10)2)6-4-8-14-12(13)3/h4-9H2,1-3H3. The Morgan fingerprint density at radius 1 is 1.07 bits per heavy atom. The van der Waals surface area contributed by atoms with Crippen LogP contribution in [0.2, 0.25) is 0 Å². The summed E-state index contributed by atoms with van der Waals surface area (Å²) in [7, 11) is 0. The van der Waals surface area contributed by atoms with Gasteiger partial charge >= 0.3 is 0 Å². The molecule has 0 N–H and O–H groups in total. The fourth-order valence-corrected chi connectivity index (χ4v) is 2.92. The van der Waals surface area contributed by atoms with Crippen molar-refractivity contribution in [2.45, 2.75) is 52.9 Å². The third-order valence-corrected chi connectivity index (χ3v) is 4.24. The summed E-state index contributed by atoms with van der Waals surface area (Å²) in [5.41, 5.74) is 5.12. The Labute approximate surface area is 87.3 Å². The van der Waals surface area contributed by atoms with Crippen LogP contribution in [0.1, 0.15) is 52.9 Å². The van der Waals surface area contributed by atoms with Crippen LogP contribution >= 0.6 is 0 Å². The summed E-state index contributed by atoms with van der Waals surface area (Å²) < 4.78 is 0. The molecule has 14 heavy (non-hydrogen) atoms. The number of hydrogen-bond acceptors (Lipinski definition) is 1. The second-order valence-corrected chi connectivity index (χ2v) is 5.09. The summed E-state index contributed by atoms with van der Waals surface area (Å²) in [5, 5.41) is 0. The largest absolute Gasteiger partial charge is 0.294 e. The lowest BCUT2D eigenvalue weighted by Gasteiger charge is -2.40. The zero-order valence-electron chi connectivity index (χ0n) is 9.69. The van der Waals surface area contributed by atoms with Gasteiger partial charge < -0.3 is 0 Å². The highest BCUT2D eigenvalue weighted by Gasteiger charge is 2.37. The number of rotatable bonds is 0. The number of hydrogen-bond donors (Lipinski definition) is 0. The molecule has 0 bridgehead atoms. The molecule has 0 saturated heterocycles. The molecule has 1 atom stereocenters. The van der Waals surface area contributed by atoms with Gasteiger partial charge in [-0.2, -0.15) is 0 Å². The lowest BCUT2D eigenvalue weighted by atomic mass is 9.66. The highest BCUT2D eigenvalue weighted by atomic mass is 14.8. The second kappa shape index (κ2) is 3.52. The maximum Gasteiger partial charge on any atom is 0.0389 e. The fraction of sp³-hybridized carbons (Fsp3) is 0.769. The molecule has 2 rings (SSSR count). The van der Waals surface area contributed by atoms with E-state index in [-0.39, 0.29) is 0 Å². The lowest BCUT2D eigenvalue weighted by Crippen LogP contribution is -2.35. The first-order chi connectivity index (χ1) is 6.64. The van der Waals surface area contributed by atoms with Crippen LogP contribution in [-0.2, 0) is 0 Å². The third kappa shape index (κ3) is 1.53. The molecule has 1 nitrogen and oxygen atoms in total. The van der Waals surface area contributed by atoms with E-state index >= 15 is 0 Å². The van der Waals surface area contributed by atoms with Crippen molar-refractivity contribution < 1.29 is 0 Å². The van der Waals surface area contributed by atoms with Gasteiger partial charge in [0.05, 0.1) is 0 Å². The van der Waals surface area contributed by atoms with E-state index in [0.717, 1.165) is 6.54 Å². The highest BCUT2D eigenvalue weighted by Crippen LogP contribution is 2.45. The Bertz CT molecular complexity index is 298. The molecule has 0 aromatic rings. The molecule has 0 aromatic carbocycles. The van der Waals surface area contributed by atoms with E-state index in [1.54, 1.807) is 11.1 Å². The Balaban J connectivity index is 2.27. The van der Waals surface area contributed by atoms with E-state index in [0.29, 0.717) is 5.41 Å². The second-order valence-electron chi connectivity index (χ2n) is 5.09. The summed E-state index contributed by atoms with van der Waals surface area (Å²) in [6.07, 6.45) is 6.56. The van der Waals surface area contributed by atoms with Crippen LogP contribution < -0.4 is 0 Å². The SMILES string of the molecule is CC1=NCCCC12CCC(C)=C(C)C2. The minimum absolute atomic E-state index is 0.460. The van der Waals surface area contributed by atoms with Crippen LogP contribution in [0.5, 0.6) is 0 Å². The van der Waals surface area contributed by atoms with E-state index in [9.17, 15) is 0 Å². The summed E-state index contributed by atoms with van der Waals surface area (Å²) in [6, 6.07) is 0. The van der Waals surface area contributed by atoms with Crippen LogP contribution in [0, 0.1) is 5.41 Å². The lowest BCUT2D eigenvalue weighted by molar-refractivity contribution is 0.313. The third-order valence-electron chi connectivity index (χ3n) is 4.24. The molecule has 1 heterocycles. The first-order valence-corrected chi connectivity index (χ1v) is 5.81. The maximum atomic E-state index is 4.66. The topological polar surface area (TPSA) is 12.4 Å². The molecule has 1 heteroatoms. The zero-order chi connectivity index (χ0) is 10.2. The summed E-state index contributed by atoms with van der Waals surface area (Å²) in [4.78, 5) is 4.66. The molecule has 1 aliphatic carbocycles. The van der Waals surface area contributed by atoms with Crippen molar-refractivity contribution in [3.05, 3.63) is 11.1 Å². The number of aliphatic imine (C=N–C) groups is 1. The predicted molar refractivity (Wildman–Crippen MR) is 61.9 cm³/mol. The van der Waals surface area contributed by atoms with Crippen LogP contribution in [0.4, 0.5) is 0 Å². The van der Waals surface area contributed by atoms with Gasteiger partial charge in [-0.15, -0.1) is 0 Å². The molecule has 2 aliphatic rings.